The van der Waals surface area contributed by atoms with Crippen molar-refractivity contribution in [2.45, 2.75) is 19.6 Å². The fourth-order valence-electron chi connectivity index (χ4n) is 5.30. The largest absolute Gasteiger partial charge is 0.295 e. The van der Waals surface area contributed by atoms with E-state index in [1.807, 2.05) is 48.5 Å². The monoisotopic (exact) mass is 608 g/mol. The van der Waals surface area contributed by atoms with Crippen molar-refractivity contribution in [2.75, 3.05) is 39.3 Å². The van der Waals surface area contributed by atoms with Crippen LogP contribution in [0.3, 0.4) is 0 Å². The highest BCUT2D eigenvalue weighted by molar-refractivity contribution is 5.97. The molecule has 2 aliphatic heterocycles. The Labute approximate surface area is 257 Å². The Bertz CT molecular complexity index is 1610. The summed E-state index contributed by atoms with van der Waals surface area (Å²) in [5, 5.41) is 32.6. The lowest BCUT2D eigenvalue weighted by Gasteiger charge is -2.25. The number of aromatic amines is 2. The van der Waals surface area contributed by atoms with Crippen LogP contribution >= 0.6 is 0 Å². The number of aromatic nitrogens is 11. The lowest BCUT2D eigenvalue weighted by molar-refractivity contribution is 0.207. The summed E-state index contributed by atoms with van der Waals surface area (Å²) in [6.07, 6.45) is 0. The summed E-state index contributed by atoms with van der Waals surface area (Å²) in [7, 11) is 0. The summed E-state index contributed by atoms with van der Waals surface area (Å²) in [6.45, 7) is 7.34. The van der Waals surface area contributed by atoms with Crippen LogP contribution in [0.25, 0.3) is 23.0 Å². The molecule has 0 bridgehead atoms. The van der Waals surface area contributed by atoms with Crippen LogP contribution in [0.15, 0.2) is 59.7 Å². The van der Waals surface area contributed by atoms with Gasteiger partial charge in [-0.3, -0.25) is 20.1 Å². The standard InChI is InChI=1S/C27H32N18/c1-4-19(28-22(7-1)25-31-37-38-32-25)16-43-10-12-44(17-20-5-2-8-23(29-20)26-33-39-40-34-26)14-15-45(13-11-43)18-21-6-3-9-24(30-21)27-35-41-42-36-27/h1-9,37-38H,10-18H2,(H,31,32)(H,33,34,39,40)(H,35,36,41,42). The third kappa shape index (κ3) is 7.27. The summed E-state index contributed by atoms with van der Waals surface area (Å²) >= 11 is 0. The molecule has 5 aromatic rings. The highest BCUT2D eigenvalue weighted by atomic mass is 15.8. The van der Waals surface area contributed by atoms with Gasteiger partial charge in [0.05, 0.1) is 17.1 Å². The average Bonchev–Trinajstić information content (AvgIpc) is 3.89. The van der Waals surface area contributed by atoms with Crippen LogP contribution < -0.4 is 16.5 Å². The van der Waals surface area contributed by atoms with Crippen molar-refractivity contribution in [2.24, 2.45) is 5.10 Å². The van der Waals surface area contributed by atoms with Crippen LogP contribution in [0.4, 0.5) is 0 Å². The van der Waals surface area contributed by atoms with Crippen molar-refractivity contribution in [1.29, 1.82) is 0 Å². The Kier molecular flexibility index (Phi) is 8.58. The molecule has 7 rings (SSSR count). The molecular weight excluding hydrogens is 576 g/mol. The Balaban J connectivity index is 1.09. The Morgan fingerprint density at radius 2 is 1.00 bits per heavy atom. The summed E-state index contributed by atoms with van der Waals surface area (Å²) in [5.74, 6) is 1.76. The predicted molar refractivity (Wildman–Crippen MR) is 161 cm³/mol. The first-order chi connectivity index (χ1) is 22.2. The molecule has 0 aromatic carbocycles. The first-order valence-corrected chi connectivity index (χ1v) is 14.6. The van der Waals surface area contributed by atoms with E-state index in [1.165, 1.54) is 0 Å². The molecule has 5 aromatic heterocycles. The second-order valence-electron chi connectivity index (χ2n) is 10.7. The zero-order valence-electron chi connectivity index (χ0n) is 24.4. The van der Waals surface area contributed by atoms with Crippen LogP contribution in [-0.4, -0.2) is 116 Å². The highest BCUT2D eigenvalue weighted by Gasteiger charge is 2.20. The topological polar surface area (TPSA) is 206 Å². The van der Waals surface area contributed by atoms with E-state index in [4.69, 9.17) is 15.0 Å². The fraction of sp³-hybridized carbons (Fsp3) is 0.333. The minimum absolute atomic E-state index is 0.551. The number of tetrazole rings is 2. The molecule has 18 nitrogen and oxygen atoms in total. The van der Waals surface area contributed by atoms with Crippen molar-refractivity contribution in [1.82, 2.24) is 87.4 Å². The molecule has 0 aliphatic carbocycles. The lowest BCUT2D eigenvalue weighted by Crippen LogP contribution is -2.36. The molecule has 230 valence electrons. The van der Waals surface area contributed by atoms with Crippen LogP contribution in [0, 0.1) is 0 Å². The van der Waals surface area contributed by atoms with Gasteiger partial charge in [-0.2, -0.15) is 0 Å². The van der Waals surface area contributed by atoms with Crippen molar-refractivity contribution in [3.8, 4) is 23.0 Å². The van der Waals surface area contributed by atoms with Gasteiger partial charge in [0.2, 0.25) is 0 Å². The number of amidine groups is 1. The van der Waals surface area contributed by atoms with Gasteiger partial charge in [-0.05, 0) is 57.3 Å². The maximum atomic E-state index is 4.87. The first-order valence-electron chi connectivity index (χ1n) is 14.6. The number of nitrogens with zero attached hydrogens (tertiary/aromatic N) is 13. The van der Waals surface area contributed by atoms with Gasteiger partial charge in [0.15, 0.2) is 17.5 Å². The number of rotatable bonds is 9. The van der Waals surface area contributed by atoms with Gasteiger partial charge in [-0.25, -0.2) is 30.7 Å². The zero-order chi connectivity index (χ0) is 30.3. The molecule has 5 N–H and O–H groups in total. The van der Waals surface area contributed by atoms with Crippen molar-refractivity contribution in [3.63, 3.8) is 0 Å². The highest BCUT2D eigenvalue weighted by Crippen LogP contribution is 2.15. The predicted octanol–water partition coefficient (Wildman–Crippen LogP) is -0.674. The third-order valence-electron chi connectivity index (χ3n) is 7.60. The van der Waals surface area contributed by atoms with Crippen LogP contribution in [0.2, 0.25) is 0 Å². The molecule has 0 atom stereocenters. The summed E-state index contributed by atoms with van der Waals surface area (Å²) in [4.78, 5) is 21.9. The van der Waals surface area contributed by atoms with E-state index in [0.29, 0.717) is 37.1 Å². The van der Waals surface area contributed by atoms with Crippen molar-refractivity contribution < 1.29 is 0 Å². The summed E-state index contributed by atoms with van der Waals surface area (Å²) in [6, 6.07) is 17.9. The molecule has 1 saturated heterocycles. The number of hydrazone groups is 1. The normalized spacial score (nSPS) is 16.8. The molecule has 1 fully saturated rings. The van der Waals surface area contributed by atoms with Gasteiger partial charge < -0.3 is 0 Å². The first kappa shape index (κ1) is 28.5. The minimum Gasteiger partial charge on any atom is -0.295 e. The summed E-state index contributed by atoms with van der Waals surface area (Å²) in [5.41, 5.74) is 13.5. The quantitative estimate of drug-likeness (QED) is 0.141. The number of pyridine rings is 3. The second kappa shape index (κ2) is 13.6. The van der Waals surface area contributed by atoms with Crippen LogP contribution in [0.5, 0.6) is 0 Å². The molecule has 0 spiro atoms. The van der Waals surface area contributed by atoms with Gasteiger partial charge in [0.1, 0.15) is 17.1 Å². The maximum Gasteiger partial charge on any atom is 0.198 e. The van der Waals surface area contributed by atoms with E-state index in [2.05, 4.69) is 83.6 Å². The number of hydrazine groups is 2. The number of hydrogen-bond donors (Lipinski definition) is 5. The third-order valence-corrected chi connectivity index (χ3v) is 7.60. The average molecular weight is 609 g/mol. The molecule has 0 radical (unpaired) electrons. The van der Waals surface area contributed by atoms with Crippen molar-refractivity contribution >= 4 is 5.84 Å². The van der Waals surface area contributed by atoms with E-state index < -0.39 is 0 Å². The fourth-order valence-corrected chi connectivity index (χ4v) is 5.30. The SMILES string of the molecule is c1cc(CN2CCN(Cc3cccc(-c4nnn[nH]4)n3)CCN(Cc3cccc(-c4nnn[nH]4)n3)CC2)nc(C2=NNNN2)c1. The Hall–Kier alpha value is -5.30. The maximum absolute atomic E-state index is 4.87. The lowest BCUT2D eigenvalue weighted by atomic mass is 10.2. The Morgan fingerprint density at radius 1 is 0.556 bits per heavy atom. The van der Waals surface area contributed by atoms with E-state index in [1.54, 1.807) is 0 Å². The van der Waals surface area contributed by atoms with Gasteiger partial charge >= 0.3 is 0 Å². The molecular formula is C27H32N18. The second-order valence-corrected chi connectivity index (χ2v) is 10.7. The van der Waals surface area contributed by atoms with E-state index >= 15 is 0 Å². The van der Waals surface area contributed by atoms with Crippen LogP contribution in [0.1, 0.15) is 22.8 Å². The molecule has 18 heteroatoms. The molecule has 45 heavy (non-hydrogen) atoms. The minimum atomic E-state index is 0.551. The molecule has 0 saturated carbocycles. The van der Waals surface area contributed by atoms with Gasteiger partial charge in [-0.1, -0.05) is 18.2 Å². The smallest absolute Gasteiger partial charge is 0.198 e. The van der Waals surface area contributed by atoms with Crippen molar-refractivity contribution in [3.05, 3.63) is 77.4 Å². The summed E-state index contributed by atoms with van der Waals surface area (Å²) < 4.78 is 0. The molecule has 0 amide bonds. The molecule has 7 heterocycles. The molecule has 2 aliphatic rings. The number of nitrogens with one attached hydrogen (secondary N) is 5. The van der Waals surface area contributed by atoms with Crippen LogP contribution in [-0.2, 0) is 19.6 Å². The number of H-pyrrole nitrogens is 2. The van der Waals surface area contributed by atoms with E-state index in [0.717, 1.165) is 73.4 Å². The zero-order valence-corrected chi connectivity index (χ0v) is 24.4. The van der Waals surface area contributed by atoms with Gasteiger partial charge in [0.25, 0.3) is 0 Å². The van der Waals surface area contributed by atoms with E-state index in [9.17, 15) is 0 Å². The van der Waals surface area contributed by atoms with E-state index in [-0.39, 0.29) is 0 Å². The Morgan fingerprint density at radius 3 is 1.40 bits per heavy atom. The van der Waals surface area contributed by atoms with Gasteiger partial charge in [-0.15, -0.1) is 20.8 Å². The number of hydrogen-bond acceptors (Lipinski definition) is 16. The molecule has 0 unspecified atom stereocenters. The van der Waals surface area contributed by atoms with Gasteiger partial charge in [0, 0.05) is 58.9 Å².